The highest BCUT2D eigenvalue weighted by molar-refractivity contribution is 6.09. The Morgan fingerprint density at radius 1 is 0.969 bits per heavy atom. The van der Waals surface area contributed by atoms with Crippen molar-refractivity contribution >= 4 is 16.8 Å². The number of nitrogens with one attached hydrogen (secondary N) is 1. The molecule has 0 unspecified atom stereocenters. The summed E-state index contributed by atoms with van der Waals surface area (Å²) in [5.74, 6) is 0.756. The number of para-hydroxylation sites is 1. The van der Waals surface area contributed by atoms with Crippen LogP contribution in [0, 0.1) is 6.92 Å². The molecule has 4 rings (SSSR count). The van der Waals surface area contributed by atoms with E-state index in [-0.39, 0.29) is 5.91 Å². The summed E-state index contributed by atoms with van der Waals surface area (Å²) in [6.45, 7) is 5.25. The molecule has 0 spiro atoms. The number of rotatable bonds is 8. The molecular formula is C28H28N2O2. The van der Waals surface area contributed by atoms with Crippen molar-refractivity contribution in [2.75, 3.05) is 6.61 Å². The quantitative estimate of drug-likeness (QED) is 0.337. The molecule has 0 aliphatic carbocycles. The fourth-order valence-corrected chi connectivity index (χ4v) is 3.73. The van der Waals surface area contributed by atoms with Crippen LogP contribution < -0.4 is 10.1 Å². The van der Waals surface area contributed by atoms with Crippen molar-refractivity contribution < 1.29 is 9.53 Å². The molecule has 0 fully saturated rings. The number of aromatic nitrogens is 1. The highest BCUT2D eigenvalue weighted by Crippen LogP contribution is 2.29. The van der Waals surface area contributed by atoms with Gasteiger partial charge in [-0.2, -0.15) is 0 Å². The third-order valence-electron chi connectivity index (χ3n) is 5.44. The summed E-state index contributed by atoms with van der Waals surface area (Å²) in [7, 11) is 0. The van der Waals surface area contributed by atoms with Gasteiger partial charge in [0, 0.05) is 23.2 Å². The van der Waals surface area contributed by atoms with Crippen molar-refractivity contribution in [3.8, 4) is 16.9 Å². The van der Waals surface area contributed by atoms with Gasteiger partial charge < -0.3 is 10.1 Å². The monoisotopic (exact) mass is 424 g/mol. The fourth-order valence-electron chi connectivity index (χ4n) is 3.73. The molecule has 0 aliphatic rings. The molecule has 0 atom stereocenters. The van der Waals surface area contributed by atoms with E-state index in [0.717, 1.165) is 58.5 Å². The summed E-state index contributed by atoms with van der Waals surface area (Å²) in [5, 5.41) is 3.91. The number of benzene rings is 3. The molecule has 1 N–H and O–H groups in total. The Hall–Kier alpha value is -3.66. The predicted molar refractivity (Wildman–Crippen MR) is 130 cm³/mol. The van der Waals surface area contributed by atoms with Crippen LogP contribution in [-0.2, 0) is 6.54 Å². The van der Waals surface area contributed by atoms with Crippen LogP contribution in [0.4, 0.5) is 0 Å². The van der Waals surface area contributed by atoms with Crippen LogP contribution in [0.25, 0.3) is 22.0 Å². The highest BCUT2D eigenvalue weighted by Gasteiger charge is 2.15. The maximum Gasteiger partial charge on any atom is 0.252 e. The minimum atomic E-state index is -0.103. The molecule has 4 heteroatoms. The molecule has 4 aromatic rings. The maximum absolute atomic E-state index is 13.1. The predicted octanol–water partition coefficient (Wildman–Crippen LogP) is 6.32. The van der Waals surface area contributed by atoms with Gasteiger partial charge in [0.05, 0.1) is 17.7 Å². The molecule has 0 saturated heterocycles. The van der Waals surface area contributed by atoms with Gasteiger partial charge in [0.2, 0.25) is 0 Å². The number of fused-ring (bicyclic) bond motifs is 1. The summed E-state index contributed by atoms with van der Waals surface area (Å²) in [6.07, 6.45) is 2.16. The third kappa shape index (κ3) is 4.97. The van der Waals surface area contributed by atoms with Crippen LogP contribution in [-0.4, -0.2) is 17.5 Å². The first-order valence-electron chi connectivity index (χ1n) is 11.1. The van der Waals surface area contributed by atoms with Crippen molar-refractivity contribution in [2.24, 2.45) is 0 Å². The zero-order valence-corrected chi connectivity index (χ0v) is 18.6. The second-order valence-corrected chi connectivity index (χ2v) is 7.91. The molecular weight excluding hydrogens is 396 g/mol. The summed E-state index contributed by atoms with van der Waals surface area (Å²) in [4.78, 5) is 17.9. The van der Waals surface area contributed by atoms with Gasteiger partial charge in [0.15, 0.2) is 0 Å². The Balaban J connectivity index is 1.54. The zero-order chi connectivity index (χ0) is 22.3. The Bertz CT molecular complexity index is 1200. The highest BCUT2D eigenvalue weighted by atomic mass is 16.5. The van der Waals surface area contributed by atoms with E-state index >= 15 is 0 Å². The lowest BCUT2D eigenvalue weighted by Crippen LogP contribution is -2.23. The number of hydrogen-bond donors (Lipinski definition) is 1. The van der Waals surface area contributed by atoms with E-state index in [2.05, 4.69) is 30.4 Å². The van der Waals surface area contributed by atoms with Gasteiger partial charge in [-0.1, -0.05) is 74.0 Å². The first-order valence-corrected chi connectivity index (χ1v) is 11.1. The van der Waals surface area contributed by atoms with Crippen molar-refractivity contribution in [1.82, 2.24) is 10.3 Å². The van der Waals surface area contributed by atoms with E-state index in [1.165, 1.54) is 0 Å². The second kappa shape index (κ2) is 10.1. The van der Waals surface area contributed by atoms with Gasteiger partial charge in [0.25, 0.3) is 5.91 Å². The number of pyridine rings is 1. The Kier molecular flexibility index (Phi) is 6.81. The second-order valence-electron chi connectivity index (χ2n) is 7.91. The third-order valence-corrected chi connectivity index (χ3v) is 5.44. The van der Waals surface area contributed by atoms with Crippen LogP contribution in [0.2, 0.25) is 0 Å². The number of hydrogen-bond acceptors (Lipinski definition) is 3. The number of aryl methyl sites for hydroxylation is 1. The van der Waals surface area contributed by atoms with E-state index in [1.54, 1.807) is 0 Å². The maximum atomic E-state index is 13.1. The van der Waals surface area contributed by atoms with Crippen molar-refractivity contribution in [2.45, 2.75) is 33.2 Å². The molecule has 1 heterocycles. The molecule has 162 valence electrons. The van der Waals surface area contributed by atoms with Gasteiger partial charge in [0.1, 0.15) is 5.75 Å². The molecule has 32 heavy (non-hydrogen) atoms. The summed E-state index contributed by atoms with van der Waals surface area (Å²) < 4.78 is 5.71. The minimum Gasteiger partial charge on any atom is -0.494 e. The smallest absolute Gasteiger partial charge is 0.252 e. The number of unbranched alkanes of at least 4 members (excludes halogenated alkanes) is 1. The Labute approximate surface area is 189 Å². The van der Waals surface area contributed by atoms with Gasteiger partial charge in [-0.05, 0) is 42.7 Å². The fraction of sp³-hybridized carbons (Fsp3) is 0.214. The summed E-state index contributed by atoms with van der Waals surface area (Å²) >= 11 is 0. The largest absolute Gasteiger partial charge is 0.494 e. The Morgan fingerprint density at radius 2 is 1.75 bits per heavy atom. The zero-order valence-electron chi connectivity index (χ0n) is 18.6. The lowest BCUT2D eigenvalue weighted by molar-refractivity contribution is 0.0952. The molecule has 1 amide bonds. The molecule has 0 saturated carbocycles. The van der Waals surface area contributed by atoms with Crippen molar-refractivity contribution in [3.63, 3.8) is 0 Å². The van der Waals surface area contributed by atoms with Crippen LogP contribution in [0.5, 0.6) is 5.75 Å². The van der Waals surface area contributed by atoms with Crippen LogP contribution in [0.3, 0.4) is 0 Å². The number of nitrogens with zero attached hydrogens (tertiary/aromatic N) is 1. The molecule has 1 aromatic heterocycles. The Morgan fingerprint density at radius 3 is 2.50 bits per heavy atom. The van der Waals surface area contributed by atoms with E-state index in [4.69, 9.17) is 9.72 Å². The first-order chi connectivity index (χ1) is 15.7. The summed E-state index contributed by atoms with van der Waals surface area (Å²) in [6, 6.07) is 25.9. The molecule has 0 radical (unpaired) electrons. The van der Waals surface area contributed by atoms with Crippen LogP contribution in [0.1, 0.15) is 41.4 Å². The normalized spacial score (nSPS) is 10.8. The van der Waals surface area contributed by atoms with Gasteiger partial charge in [-0.15, -0.1) is 0 Å². The SMILES string of the molecule is CCCCOc1ccc(CNC(=O)c2cc(C)nc3c(-c4ccccc4)cccc23)cc1. The van der Waals surface area contributed by atoms with Gasteiger partial charge >= 0.3 is 0 Å². The molecule has 0 aliphatic heterocycles. The van der Waals surface area contributed by atoms with Crippen LogP contribution >= 0.6 is 0 Å². The van der Waals surface area contributed by atoms with E-state index in [0.29, 0.717) is 12.1 Å². The average molecular weight is 425 g/mol. The summed E-state index contributed by atoms with van der Waals surface area (Å²) in [5.41, 5.74) is 5.45. The molecule has 3 aromatic carbocycles. The topological polar surface area (TPSA) is 51.2 Å². The number of carbonyl (C=O) groups excluding carboxylic acids is 1. The van der Waals surface area contributed by atoms with Gasteiger partial charge in [-0.3, -0.25) is 9.78 Å². The number of amides is 1. The van der Waals surface area contributed by atoms with E-state index < -0.39 is 0 Å². The van der Waals surface area contributed by atoms with Crippen molar-refractivity contribution in [3.05, 3.63) is 95.7 Å². The molecule has 4 nitrogen and oxygen atoms in total. The van der Waals surface area contributed by atoms with Crippen molar-refractivity contribution in [1.29, 1.82) is 0 Å². The number of ether oxygens (including phenoxy) is 1. The van der Waals surface area contributed by atoms with E-state index in [1.807, 2.05) is 67.6 Å². The molecule has 0 bridgehead atoms. The average Bonchev–Trinajstić information content (AvgIpc) is 2.83. The number of carbonyl (C=O) groups is 1. The van der Waals surface area contributed by atoms with Gasteiger partial charge in [-0.25, -0.2) is 0 Å². The lowest BCUT2D eigenvalue weighted by atomic mass is 9.98. The first kappa shape index (κ1) is 21.6. The lowest BCUT2D eigenvalue weighted by Gasteiger charge is -2.12. The standard InChI is InChI=1S/C28H28N2O2/c1-3-4-17-32-23-15-13-21(14-16-23)19-29-28(31)26-18-20(2)30-27-24(11-8-12-25(26)27)22-9-6-5-7-10-22/h5-16,18H,3-4,17,19H2,1-2H3,(H,29,31). The van der Waals surface area contributed by atoms with E-state index in [9.17, 15) is 4.79 Å². The minimum absolute atomic E-state index is 0.103. The van der Waals surface area contributed by atoms with Crippen LogP contribution in [0.15, 0.2) is 78.9 Å².